The molecule has 0 saturated carbocycles. The molecule has 23 heavy (non-hydrogen) atoms. The summed E-state index contributed by atoms with van der Waals surface area (Å²) in [6, 6.07) is 3.56. The van der Waals surface area contributed by atoms with Crippen LogP contribution < -0.4 is 4.72 Å². The van der Waals surface area contributed by atoms with Gasteiger partial charge in [-0.2, -0.15) is 12.7 Å². The van der Waals surface area contributed by atoms with Gasteiger partial charge in [-0.3, -0.25) is 4.90 Å². The Labute approximate surface area is 136 Å². The first-order valence-corrected chi connectivity index (χ1v) is 9.28. The van der Waals surface area contributed by atoms with Gasteiger partial charge in [0, 0.05) is 32.7 Å². The van der Waals surface area contributed by atoms with Gasteiger partial charge in [0.1, 0.15) is 5.76 Å². The highest BCUT2D eigenvalue weighted by Gasteiger charge is 2.29. The van der Waals surface area contributed by atoms with E-state index in [2.05, 4.69) is 9.62 Å². The van der Waals surface area contributed by atoms with E-state index < -0.39 is 10.2 Å². The molecule has 2 aliphatic rings. The Kier molecular flexibility index (Phi) is 5.67. The van der Waals surface area contributed by atoms with Gasteiger partial charge in [-0.15, -0.1) is 0 Å². The summed E-state index contributed by atoms with van der Waals surface area (Å²) < 4.78 is 45.1. The lowest BCUT2D eigenvalue weighted by molar-refractivity contribution is 0.0126. The minimum absolute atomic E-state index is 0.135. The quantitative estimate of drug-likeness (QED) is 0.770. The van der Waals surface area contributed by atoms with Crippen LogP contribution >= 0.6 is 0 Å². The van der Waals surface area contributed by atoms with Crippen molar-refractivity contribution in [1.29, 1.82) is 0 Å². The minimum atomic E-state index is -3.50. The highest BCUT2D eigenvalue weighted by Crippen LogP contribution is 2.22. The molecule has 0 bridgehead atoms. The molecule has 130 valence electrons. The summed E-state index contributed by atoms with van der Waals surface area (Å²) in [7, 11) is -3.50. The first kappa shape index (κ1) is 16.9. The van der Waals surface area contributed by atoms with Crippen molar-refractivity contribution in [3.05, 3.63) is 24.2 Å². The standard InChI is InChI=1S/C14H23N3O5S/c18-23(19,17-5-10-21-11-6-17)15-12-13(14-2-1-7-22-14)16-3-8-20-9-4-16/h1-2,7,13,15H,3-6,8-12H2. The summed E-state index contributed by atoms with van der Waals surface area (Å²) in [5.41, 5.74) is 0. The highest BCUT2D eigenvalue weighted by atomic mass is 32.2. The average Bonchev–Trinajstić information content (AvgIpc) is 3.11. The van der Waals surface area contributed by atoms with Gasteiger partial charge in [0.25, 0.3) is 10.2 Å². The van der Waals surface area contributed by atoms with Crippen LogP contribution in [0.15, 0.2) is 22.8 Å². The van der Waals surface area contributed by atoms with Crippen LogP contribution in [0.3, 0.4) is 0 Å². The molecular formula is C14H23N3O5S. The van der Waals surface area contributed by atoms with Crippen molar-refractivity contribution in [2.45, 2.75) is 6.04 Å². The Morgan fingerprint density at radius 3 is 2.35 bits per heavy atom. The fourth-order valence-corrected chi connectivity index (χ4v) is 4.02. The van der Waals surface area contributed by atoms with Gasteiger partial charge in [-0.05, 0) is 12.1 Å². The Balaban J connectivity index is 1.66. The van der Waals surface area contributed by atoms with Gasteiger partial charge in [-0.1, -0.05) is 0 Å². The van der Waals surface area contributed by atoms with Gasteiger partial charge < -0.3 is 13.9 Å². The third-order valence-corrected chi connectivity index (χ3v) is 5.70. The van der Waals surface area contributed by atoms with E-state index in [-0.39, 0.29) is 12.6 Å². The molecule has 1 atom stereocenters. The van der Waals surface area contributed by atoms with Gasteiger partial charge in [0.2, 0.25) is 0 Å². The number of furan rings is 1. The fourth-order valence-electron chi connectivity index (χ4n) is 2.84. The Morgan fingerprint density at radius 2 is 1.74 bits per heavy atom. The zero-order valence-corrected chi connectivity index (χ0v) is 13.8. The fraction of sp³-hybridized carbons (Fsp3) is 0.714. The van der Waals surface area contributed by atoms with Crippen LogP contribution in [0, 0.1) is 0 Å². The molecule has 9 heteroatoms. The van der Waals surface area contributed by atoms with Gasteiger partial charge in [-0.25, -0.2) is 4.72 Å². The smallest absolute Gasteiger partial charge is 0.279 e. The number of nitrogens with zero attached hydrogens (tertiary/aromatic N) is 2. The van der Waals surface area contributed by atoms with Gasteiger partial charge in [0.15, 0.2) is 0 Å². The molecular weight excluding hydrogens is 322 g/mol. The van der Waals surface area contributed by atoms with Crippen LogP contribution in [0.4, 0.5) is 0 Å². The molecule has 2 saturated heterocycles. The summed E-state index contributed by atoms with van der Waals surface area (Å²) in [5, 5.41) is 0. The van der Waals surface area contributed by atoms with Crippen LogP contribution in [0.5, 0.6) is 0 Å². The molecule has 2 fully saturated rings. The zero-order chi connectivity index (χ0) is 16.1. The molecule has 2 aliphatic heterocycles. The lowest BCUT2D eigenvalue weighted by atomic mass is 10.2. The maximum Gasteiger partial charge on any atom is 0.279 e. The second kappa shape index (κ2) is 7.73. The van der Waals surface area contributed by atoms with E-state index in [0.717, 1.165) is 18.8 Å². The SMILES string of the molecule is O=S(=O)(NCC(c1ccco1)N1CCOCC1)N1CCOCC1. The highest BCUT2D eigenvalue weighted by molar-refractivity contribution is 7.87. The van der Waals surface area contributed by atoms with Gasteiger partial charge >= 0.3 is 0 Å². The largest absolute Gasteiger partial charge is 0.468 e. The third kappa shape index (κ3) is 4.31. The van der Waals surface area contributed by atoms with Crippen molar-refractivity contribution in [2.75, 3.05) is 59.2 Å². The lowest BCUT2D eigenvalue weighted by Crippen LogP contribution is -2.49. The van der Waals surface area contributed by atoms with Crippen LogP contribution in [-0.2, 0) is 19.7 Å². The van der Waals surface area contributed by atoms with Crippen molar-refractivity contribution >= 4 is 10.2 Å². The zero-order valence-electron chi connectivity index (χ0n) is 13.0. The molecule has 0 amide bonds. The molecule has 0 aromatic carbocycles. The normalized spacial score (nSPS) is 23.0. The molecule has 0 radical (unpaired) electrons. The Bertz CT molecular complexity index is 565. The first-order chi connectivity index (χ1) is 11.2. The van der Waals surface area contributed by atoms with E-state index in [4.69, 9.17) is 13.9 Å². The summed E-state index contributed by atoms with van der Waals surface area (Å²) in [5.74, 6) is 0.761. The molecule has 0 aliphatic carbocycles. The van der Waals surface area contributed by atoms with Crippen LogP contribution in [-0.4, -0.2) is 76.8 Å². The van der Waals surface area contributed by atoms with Crippen molar-refractivity contribution in [3.8, 4) is 0 Å². The van der Waals surface area contributed by atoms with Crippen molar-refractivity contribution in [2.24, 2.45) is 0 Å². The summed E-state index contributed by atoms with van der Waals surface area (Å²) in [6.45, 7) is 4.72. The topological polar surface area (TPSA) is 84.2 Å². The van der Waals surface area contributed by atoms with Crippen molar-refractivity contribution in [3.63, 3.8) is 0 Å². The maximum absolute atomic E-state index is 12.4. The van der Waals surface area contributed by atoms with Crippen molar-refractivity contribution in [1.82, 2.24) is 13.9 Å². The summed E-state index contributed by atoms with van der Waals surface area (Å²) in [4.78, 5) is 2.18. The predicted octanol–water partition coefficient (Wildman–Crippen LogP) is -0.180. The van der Waals surface area contributed by atoms with E-state index in [9.17, 15) is 8.42 Å². The van der Waals surface area contributed by atoms with E-state index in [0.29, 0.717) is 39.5 Å². The van der Waals surface area contributed by atoms with E-state index >= 15 is 0 Å². The maximum atomic E-state index is 12.4. The van der Waals surface area contributed by atoms with E-state index in [1.54, 1.807) is 6.26 Å². The molecule has 1 unspecified atom stereocenters. The molecule has 1 N–H and O–H groups in total. The minimum Gasteiger partial charge on any atom is -0.468 e. The molecule has 1 aromatic rings. The molecule has 3 heterocycles. The number of nitrogens with one attached hydrogen (secondary N) is 1. The predicted molar refractivity (Wildman–Crippen MR) is 83.2 cm³/mol. The van der Waals surface area contributed by atoms with Gasteiger partial charge in [0.05, 0.1) is 38.7 Å². The van der Waals surface area contributed by atoms with Crippen LogP contribution in [0.25, 0.3) is 0 Å². The second-order valence-electron chi connectivity index (χ2n) is 5.54. The number of ether oxygens (including phenoxy) is 2. The number of hydrogen-bond donors (Lipinski definition) is 1. The number of rotatable bonds is 6. The second-order valence-corrected chi connectivity index (χ2v) is 7.30. The molecule has 0 spiro atoms. The Morgan fingerprint density at radius 1 is 1.09 bits per heavy atom. The van der Waals surface area contributed by atoms with E-state index in [1.807, 2.05) is 12.1 Å². The van der Waals surface area contributed by atoms with Crippen LogP contribution in [0.1, 0.15) is 11.8 Å². The Hall–Kier alpha value is -0.970. The third-order valence-electron chi connectivity index (χ3n) is 4.13. The van der Waals surface area contributed by atoms with Crippen molar-refractivity contribution < 1.29 is 22.3 Å². The first-order valence-electron chi connectivity index (χ1n) is 7.84. The molecule has 8 nitrogen and oxygen atoms in total. The lowest BCUT2D eigenvalue weighted by Gasteiger charge is -2.34. The molecule has 3 rings (SSSR count). The number of hydrogen-bond acceptors (Lipinski definition) is 6. The summed E-state index contributed by atoms with van der Waals surface area (Å²) in [6.07, 6.45) is 1.61. The summed E-state index contributed by atoms with van der Waals surface area (Å²) >= 11 is 0. The van der Waals surface area contributed by atoms with E-state index in [1.165, 1.54) is 4.31 Å². The molecule has 1 aromatic heterocycles. The number of morpholine rings is 2. The van der Waals surface area contributed by atoms with Crippen LogP contribution in [0.2, 0.25) is 0 Å². The monoisotopic (exact) mass is 345 g/mol. The average molecular weight is 345 g/mol.